The van der Waals surface area contributed by atoms with Crippen LogP contribution in [0.3, 0.4) is 0 Å². The summed E-state index contributed by atoms with van der Waals surface area (Å²) in [5.41, 5.74) is 7.00. The van der Waals surface area contributed by atoms with Gasteiger partial charge in [-0.3, -0.25) is 9.59 Å². The lowest BCUT2D eigenvalue weighted by atomic mass is 9.94. The van der Waals surface area contributed by atoms with Gasteiger partial charge in [0.05, 0.1) is 6.61 Å². The Morgan fingerprint density at radius 1 is 0.917 bits per heavy atom. The normalized spacial score (nSPS) is 15.9. The third-order valence-electron chi connectivity index (χ3n) is 6.99. The van der Waals surface area contributed by atoms with Gasteiger partial charge in [-0.05, 0) is 66.8 Å². The number of rotatable bonds is 6. The molecule has 0 atom stereocenters. The quantitative estimate of drug-likeness (QED) is 0.450. The van der Waals surface area contributed by atoms with Crippen molar-refractivity contribution >= 4 is 23.5 Å². The highest BCUT2D eigenvalue weighted by molar-refractivity contribution is 6.07. The number of carbonyl (C=O) groups excluding carboxylic acids is 2. The molecule has 0 saturated heterocycles. The maximum absolute atomic E-state index is 13.1. The maximum Gasteiger partial charge on any atom is 0.251 e. The third kappa shape index (κ3) is 5.92. The second-order valence-electron chi connectivity index (χ2n) is 9.73. The number of aryl methyl sites for hydroxylation is 1. The third-order valence-corrected chi connectivity index (χ3v) is 6.99. The molecule has 3 aromatic carbocycles. The minimum absolute atomic E-state index is 0.107. The van der Waals surface area contributed by atoms with E-state index in [9.17, 15) is 9.59 Å². The summed E-state index contributed by atoms with van der Waals surface area (Å²) < 4.78 is 5.93. The van der Waals surface area contributed by atoms with Gasteiger partial charge in [-0.1, -0.05) is 48.0 Å². The zero-order valence-corrected chi connectivity index (χ0v) is 20.7. The number of hydrogen-bond donors (Lipinski definition) is 2. The van der Waals surface area contributed by atoms with Crippen LogP contribution in [0, 0.1) is 6.92 Å². The first-order valence-electron chi connectivity index (χ1n) is 12.7. The van der Waals surface area contributed by atoms with Gasteiger partial charge in [0, 0.05) is 48.7 Å². The molecule has 0 spiro atoms. The zero-order chi connectivity index (χ0) is 24.9. The molecule has 1 amide bonds. The van der Waals surface area contributed by atoms with Crippen LogP contribution < -0.4 is 15.4 Å². The second kappa shape index (κ2) is 10.9. The number of benzene rings is 3. The van der Waals surface area contributed by atoms with E-state index in [1.807, 2.05) is 36.4 Å². The van der Waals surface area contributed by atoms with E-state index in [-0.39, 0.29) is 5.91 Å². The highest BCUT2D eigenvalue weighted by Gasteiger charge is 2.18. The van der Waals surface area contributed by atoms with E-state index in [0.29, 0.717) is 43.3 Å². The van der Waals surface area contributed by atoms with Crippen molar-refractivity contribution in [2.45, 2.75) is 51.6 Å². The van der Waals surface area contributed by atoms with Crippen LogP contribution in [0.25, 0.3) is 17.2 Å². The first-order valence-corrected chi connectivity index (χ1v) is 12.7. The highest BCUT2D eigenvalue weighted by atomic mass is 16.5. The average molecular weight is 481 g/mol. The summed E-state index contributed by atoms with van der Waals surface area (Å²) in [5, 5.41) is 6.58. The Bertz CT molecular complexity index is 1270. The van der Waals surface area contributed by atoms with Gasteiger partial charge in [0.25, 0.3) is 5.91 Å². The molecule has 0 bridgehead atoms. The number of ether oxygens (including phenoxy) is 1. The van der Waals surface area contributed by atoms with Crippen LogP contribution in [-0.2, 0) is 16.1 Å². The van der Waals surface area contributed by atoms with Crippen molar-refractivity contribution < 1.29 is 14.3 Å². The highest BCUT2D eigenvalue weighted by Crippen LogP contribution is 2.31. The fourth-order valence-electron chi connectivity index (χ4n) is 4.75. The zero-order valence-electron chi connectivity index (χ0n) is 20.7. The fourth-order valence-corrected chi connectivity index (χ4v) is 4.75. The molecule has 1 heterocycles. The SMILES string of the molecule is Cc1ccc(-c2ccc3c(c2)C=C(C(=O)Nc2ccc(CNC4CCC(=O)CC4)cc2)CCO3)cc1. The molecule has 184 valence electrons. The van der Waals surface area contributed by atoms with Crippen molar-refractivity contribution in [2.75, 3.05) is 11.9 Å². The molecule has 1 saturated carbocycles. The van der Waals surface area contributed by atoms with Crippen LogP contribution in [0.5, 0.6) is 5.75 Å². The lowest BCUT2D eigenvalue weighted by molar-refractivity contribution is -0.120. The van der Waals surface area contributed by atoms with Gasteiger partial charge in [-0.2, -0.15) is 0 Å². The standard InChI is InChI=1S/C31H32N2O3/c1-21-2-6-23(7-3-21)24-8-15-30-26(18-24)19-25(16-17-36-30)31(35)33-28-9-4-22(5-10-28)20-32-27-11-13-29(34)14-12-27/h2-10,15,18-19,27,32H,11-14,16-17,20H2,1H3,(H,33,35). The molecule has 1 aliphatic carbocycles. The van der Waals surface area contributed by atoms with E-state index in [1.54, 1.807) is 0 Å². The molecule has 5 heteroatoms. The number of fused-ring (bicyclic) bond motifs is 1. The molecular weight excluding hydrogens is 448 g/mol. The van der Waals surface area contributed by atoms with Gasteiger partial charge in [-0.25, -0.2) is 0 Å². The maximum atomic E-state index is 13.1. The van der Waals surface area contributed by atoms with Crippen LogP contribution >= 0.6 is 0 Å². The smallest absolute Gasteiger partial charge is 0.251 e. The summed E-state index contributed by atoms with van der Waals surface area (Å²) in [6, 6.07) is 22.9. The Kier molecular flexibility index (Phi) is 7.28. The van der Waals surface area contributed by atoms with Crippen LogP contribution in [0.4, 0.5) is 5.69 Å². The van der Waals surface area contributed by atoms with Gasteiger partial charge in [0.1, 0.15) is 11.5 Å². The predicted molar refractivity (Wildman–Crippen MR) is 144 cm³/mol. The van der Waals surface area contributed by atoms with E-state index in [4.69, 9.17) is 4.74 Å². The monoisotopic (exact) mass is 480 g/mol. The Morgan fingerprint density at radius 3 is 2.39 bits per heavy atom. The number of carbonyl (C=O) groups is 2. The van der Waals surface area contributed by atoms with E-state index in [0.717, 1.165) is 53.1 Å². The van der Waals surface area contributed by atoms with Gasteiger partial charge in [-0.15, -0.1) is 0 Å². The topological polar surface area (TPSA) is 67.4 Å². The first kappa shape index (κ1) is 24.0. The lowest BCUT2D eigenvalue weighted by Gasteiger charge is -2.22. The molecule has 2 N–H and O–H groups in total. The van der Waals surface area contributed by atoms with Crippen molar-refractivity contribution in [1.82, 2.24) is 5.32 Å². The molecule has 1 fully saturated rings. The van der Waals surface area contributed by atoms with E-state index in [1.165, 1.54) is 5.56 Å². The summed E-state index contributed by atoms with van der Waals surface area (Å²) in [6.45, 7) is 3.30. The molecule has 5 nitrogen and oxygen atoms in total. The van der Waals surface area contributed by atoms with Crippen LogP contribution in [0.2, 0.25) is 0 Å². The summed E-state index contributed by atoms with van der Waals surface area (Å²) in [5.74, 6) is 1.07. The molecule has 0 unspecified atom stereocenters. The Balaban J connectivity index is 1.24. The summed E-state index contributed by atoms with van der Waals surface area (Å²) in [7, 11) is 0. The summed E-state index contributed by atoms with van der Waals surface area (Å²) >= 11 is 0. The largest absolute Gasteiger partial charge is 0.493 e. The predicted octanol–water partition coefficient (Wildman–Crippen LogP) is 6.07. The summed E-state index contributed by atoms with van der Waals surface area (Å²) in [6.07, 6.45) is 5.69. The fraction of sp³-hybridized carbons (Fsp3) is 0.290. The van der Waals surface area contributed by atoms with Crippen molar-refractivity contribution in [3.63, 3.8) is 0 Å². The molecule has 36 heavy (non-hydrogen) atoms. The number of Topliss-reactive ketones (excluding diaryl/α,β-unsaturated/α-hetero) is 1. The molecule has 0 aromatic heterocycles. The number of amides is 1. The molecule has 1 aliphatic heterocycles. The van der Waals surface area contributed by atoms with Crippen LogP contribution in [0.15, 0.2) is 72.3 Å². The van der Waals surface area contributed by atoms with Crippen LogP contribution in [-0.4, -0.2) is 24.3 Å². The summed E-state index contributed by atoms with van der Waals surface area (Å²) in [4.78, 5) is 24.5. The molecule has 3 aromatic rings. The molecular formula is C31H32N2O3. The van der Waals surface area contributed by atoms with Gasteiger partial charge in [0.15, 0.2) is 0 Å². The van der Waals surface area contributed by atoms with Crippen LogP contribution in [0.1, 0.15) is 48.8 Å². The molecule has 2 aliphatic rings. The van der Waals surface area contributed by atoms with Crippen molar-refractivity contribution in [3.05, 3.63) is 89.0 Å². The lowest BCUT2D eigenvalue weighted by Crippen LogP contribution is -2.32. The number of anilines is 1. The van der Waals surface area contributed by atoms with E-state index in [2.05, 4.69) is 54.0 Å². The van der Waals surface area contributed by atoms with Gasteiger partial charge < -0.3 is 15.4 Å². The van der Waals surface area contributed by atoms with E-state index >= 15 is 0 Å². The average Bonchev–Trinajstić information content (AvgIpc) is 3.12. The number of hydrogen-bond acceptors (Lipinski definition) is 4. The van der Waals surface area contributed by atoms with Gasteiger partial charge >= 0.3 is 0 Å². The van der Waals surface area contributed by atoms with Gasteiger partial charge in [0.2, 0.25) is 0 Å². The van der Waals surface area contributed by atoms with Crippen molar-refractivity contribution in [3.8, 4) is 16.9 Å². The Labute approximate surface area is 212 Å². The molecule has 5 rings (SSSR count). The minimum atomic E-state index is -0.107. The number of nitrogens with one attached hydrogen (secondary N) is 2. The Hall–Kier alpha value is -3.70. The Morgan fingerprint density at radius 2 is 1.64 bits per heavy atom. The van der Waals surface area contributed by atoms with Crippen molar-refractivity contribution in [1.29, 1.82) is 0 Å². The molecule has 0 radical (unpaired) electrons. The first-order chi connectivity index (χ1) is 17.5. The minimum Gasteiger partial charge on any atom is -0.493 e. The van der Waals surface area contributed by atoms with E-state index < -0.39 is 0 Å². The second-order valence-corrected chi connectivity index (χ2v) is 9.73. The number of ketones is 1. The van der Waals surface area contributed by atoms with Crippen molar-refractivity contribution in [2.24, 2.45) is 0 Å².